The van der Waals surface area contributed by atoms with Crippen molar-refractivity contribution in [2.75, 3.05) is 14.2 Å². The molecule has 0 aliphatic heterocycles. The van der Waals surface area contributed by atoms with Gasteiger partial charge in [0, 0.05) is 17.7 Å². The number of ether oxygens (including phenoxy) is 2. The molecular weight excluding hydrogens is 246 g/mol. The van der Waals surface area contributed by atoms with E-state index in [1.807, 2.05) is 26.0 Å². The van der Waals surface area contributed by atoms with Crippen molar-refractivity contribution in [2.45, 2.75) is 32.4 Å². The maximum absolute atomic E-state index is 11.0. The number of hydrogen-bond acceptors (Lipinski definition) is 4. The van der Waals surface area contributed by atoms with E-state index in [1.165, 1.54) is 0 Å². The highest BCUT2D eigenvalue weighted by atomic mass is 16.5. The van der Waals surface area contributed by atoms with Crippen LogP contribution in [0.5, 0.6) is 11.5 Å². The van der Waals surface area contributed by atoms with Crippen LogP contribution < -0.4 is 14.8 Å². The first-order valence-electron chi connectivity index (χ1n) is 6.24. The van der Waals surface area contributed by atoms with Crippen molar-refractivity contribution in [3.63, 3.8) is 0 Å². The Morgan fingerprint density at radius 2 is 2.05 bits per heavy atom. The molecule has 0 heterocycles. The largest absolute Gasteiger partial charge is 0.497 e. The molecule has 106 valence electrons. The summed E-state index contributed by atoms with van der Waals surface area (Å²) in [5, 5.41) is 12.1. The third kappa shape index (κ3) is 3.86. The monoisotopic (exact) mass is 267 g/mol. The van der Waals surface area contributed by atoms with Gasteiger partial charge in [-0.3, -0.25) is 10.1 Å². The topological polar surface area (TPSA) is 67.8 Å². The second kappa shape index (κ2) is 6.99. The van der Waals surface area contributed by atoms with Crippen LogP contribution in [0.2, 0.25) is 0 Å². The molecule has 2 atom stereocenters. The van der Waals surface area contributed by atoms with Gasteiger partial charge in [0.05, 0.1) is 14.2 Å². The van der Waals surface area contributed by atoms with Crippen LogP contribution in [0.1, 0.15) is 31.9 Å². The minimum atomic E-state index is -0.846. The number of benzene rings is 1. The average molecular weight is 267 g/mol. The predicted octanol–water partition coefficient (Wildman–Crippen LogP) is 2.22. The molecule has 0 aliphatic carbocycles. The normalized spacial score (nSPS) is 13.7. The summed E-state index contributed by atoms with van der Waals surface area (Å²) in [4.78, 5) is 11.0. The van der Waals surface area contributed by atoms with E-state index in [2.05, 4.69) is 5.32 Å². The van der Waals surface area contributed by atoms with E-state index in [-0.39, 0.29) is 6.04 Å². The van der Waals surface area contributed by atoms with Crippen LogP contribution >= 0.6 is 0 Å². The van der Waals surface area contributed by atoms with Crippen molar-refractivity contribution in [1.29, 1.82) is 0 Å². The van der Waals surface area contributed by atoms with Gasteiger partial charge >= 0.3 is 5.97 Å². The highest BCUT2D eigenvalue weighted by Gasteiger charge is 2.20. The highest BCUT2D eigenvalue weighted by Crippen LogP contribution is 2.29. The summed E-state index contributed by atoms with van der Waals surface area (Å²) < 4.78 is 10.5. The number of rotatable bonds is 7. The molecule has 0 amide bonds. The van der Waals surface area contributed by atoms with Crippen LogP contribution in [0.25, 0.3) is 0 Å². The second-order valence-electron chi connectivity index (χ2n) is 4.30. The van der Waals surface area contributed by atoms with Crippen LogP contribution in [0.4, 0.5) is 0 Å². The molecule has 1 aromatic rings. The molecule has 0 aromatic heterocycles. The molecule has 0 saturated carbocycles. The molecule has 19 heavy (non-hydrogen) atoms. The van der Waals surface area contributed by atoms with Crippen molar-refractivity contribution in [3.8, 4) is 11.5 Å². The van der Waals surface area contributed by atoms with E-state index in [0.29, 0.717) is 17.9 Å². The molecule has 2 N–H and O–H groups in total. The number of carboxylic acid groups (broad SMARTS) is 1. The van der Waals surface area contributed by atoms with E-state index in [4.69, 9.17) is 14.6 Å². The summed E-state index contributed by atoms with van der Waals surface area (Å²) >= 11 is 0. The summed E-state index contributed by atoms with van der Waals surface area (Å²) in [6.45, 7) is 3.75. The fourth-order valence-electron chi connectivity index (χ4n) is 1.93. The number of nitrogens with one attached hydrogen (secondary N) is 1. The Balaban J connectivity index is 2.92. The minimum Gasteiger partial charge on any atom is -0.497 e. The average Bonchev–Trinajstić information content (AvgIpc) is 2.43. The first kappa shape index (κ1) is 15.3. The molecule has 1 rings (SSSR count). The minimum absolute atomic E-state index is 0.123. The molecule has 2 unspecified atom stereocenters. The van der Waals surface area contributed by atoms with Crippen LogP contribution in [-0.4, -0.2) is 31.3 Å². The summed E-state index contributed by atoms with van der Waals surface area (Å²) in [6, 6.07) is 4.81. The van der Waals surface area contributed by atoms with Gasteiger partial charge in [0.2, 0.25) is 0 Å². The molecule has 5 heteroatoms. The van der Waals surface area contributed by atoms with Gasteiger partial charge in [0.15, 0.2) is 0 Å². The lowest BCUT2D eigenvalue weighted by molar-refractivity contribution is -0.139. The zero-order valence-corrected chi connectivity index (χ0v) is 11.8. The van der Waals surface area contributed by atoms with Crippen molar-refractivity contribution < 1.29 is 19.4 Å². The molecule has 0 radical (unpaired) electrons. The van der Waals surface area contributed by atoms with Crippen molar-refractivity contribution in [3.05, 3.63) is 23.8 Å². The van der Waals surface area contributed by atoms with Gasteiger partial charge in [-0.2, -0.15) is 0 Å². The first-order chi connectivity index (χ1) is 9.03. The smallest absolute Gasteiger partial charge is 0.320 e. The van der Waals surface area contributed by atoms with Crippen molar-refractivity contribution in [1.82, 2.24) is 5.32 Å². The van der Waals surface area contributed by atoms with Gasteiger partial charge in [-0.25, -0.2) is 0 Å². The number of aliphatic carboxylic acids is 1. The SMILES string of the molecule is CCC(NC(C)c1ccc(OC)cc1OC)C(=O)O. The van der Waals surface area contributed by atoms with Gasteiger partial charge in [-0.05, 0) is 19.4 Å². The molecule has 0 bridgehead atoms. The van der Waals surface area contributed by atoms with Gasteiger partial charge in [-0.1, -0.05) is 13.0 Å². The zero-order valence-electron chi connectivity index (χ0n) is 11.8. The van der Waals surface area contributed by atoms with E-state index >= 15 is 0 Å². The third-order valence-electron chi connectivity index (χ3n) is 3.06. The Hall–Kier alpha value is -1.75. The predicted molar refractivity (Wildman–Crippen MR) is 72.8 cm³/mol. The van der Waals surface area contributed by atoms with Gasteiger partial charge in [0.25, 0.3) is 0 Å². The fraction of sp³-hybridized carbons (Fsp3) is 0.500. The number of carbonyl (C=O) groups is 1. The van der Waals surface area contributed by atoms with Crippen LogP contribution in [0.15, 0.2) is 18.2 Å². The molecular formula is C14H21NO4. The van der Waals surface area contributed by atoms with Gasteiger partial charge < -0.3 is 14.6 Å². The summed E-state index contributed by atoms with van der Waals surface area (Å²) in [6.07, 6.45) is 0.526. The lowest BCUT2D eigenvalue weighted by Crippen LogP contribution is -2.37. The summed E-state index contributed by atoms with van der Waals surface area (Å²) in [5.41, 5.74) is 0.906. The number of hydrogen-bond donors (Lipinski definition) is 2. The molecule has 0 fully saturated rings. The Kier molecular flexibility index (Phi) is 5.63. The Labute approximate surface area is 113 Å². The van der Waals surface area contributed by atoms with E-state index < -0.39 is 12.0 Å². The first-order valence-corrected chi connectivity index (χ1v) is 6.24. The van der Waals surface area contributed by atoms with Crippen LogP contribution in [0, 0.1) is 0 Å². The lowest BCUT2D eigenvalue weighted by atomic mass is 10.0. The fourth-order valence-corrected chi connectivity index (χ4v) is 1.93. The van der Waals surface area contributed by atoms with E-state index in [1.54, 1.807) is 20.3 Å². The Bertz CT molecular complexity index is 433. The Morgan fingerprint density at radius 1 is 1.37 bits per heavy atom. The van der Waals surface area contributed by atoms with E-state index in [0.717, 1.165) is 5.56 Å². The maximum Gasteiger partial charge on any atom is 0.320 e. The van der Waals surface area contributed by atoms with Crippen molar-refractivity contribution in [2.24, 2.45) is 0 Å². The third-order valence-corrected chi connectivity index (χ3v) is 3.06. The van der Waals surface area contributed by atoms with Gasteiger partial charge in [0.1, 0.15) is 17.5 Å². The highest BCUT2D eigenvalue weighted by molar-refractivity contribution is 5.73. The maximum atomic E-state index is 11.0. The van der Waals surface area contributed by atoms with Crippen molar-refractivity contribution >= 4 is 5.97 Å². The number of carboxylic acids is 1. The lowest BCUT2D eigenvalue weighted by Gasteiger charge is -2.21. The summed E-state index contributed by atoms with van der Waals surface area (Å²) in [5.74, 6) is 0.541. The standard InChI is InChI=1S/C14H21NO4/c1-5-12(14(16)17)15-9(2)11-7-6-10(18-3)8-13(11)19-4/h6-9,12,15H,5H2,1-4H3,(H,16,17). The molecule has 0 saturated heterocycles. The Morgan fingerprint density at radius 3 is 2.53 bits per heavy atom. The molecule has 0 spiro atoms. The summed E-state index contributed by atoms with van der Waals surface area (Å²) in [7, 11) is 3.17. The molecule has 5 nitrogen and oxygen atoms in total. The molecule has 0 aliphatic rings. The van der Waals surface area contributed by atoms with Crippen LogP contribution in [0.3, 0.4) is 0 Å². The zero-order chi connectivity index (χ0) is 14.4. The van der Waals surface area contributed by atoms with E-state index in [9.17, 15) is 4.79 Å². The quantitative estimate of drug-likeness (QED) is 0.793. The molecule has 1 aromatic carbocycles. The van der Waals surface area contributed by atoms with Crippen LogP contribution in [-0.2, 0) is 4.79 Å². The number of methoxy groups -OCH3 is 2. The second-order valence-corrected chi connectivity index (χ2v) is 4.30. The van der Waals surface area contributed by atoms with Gasteiger partial charge in [-0.15, -0.1) is 0 Å².